The van der Waals surface area contributed by atoms with Gasteiger partial charge in [-0.2, -0.15) is 26.7 Å². The van der Waals surface area contributed by atoms with Crippen molar-refractivity contribution in [1.82, 2.24) is 14.4 Å². The van der Waals surface area contributed by atoms with Crippen LogP contribution in [0.1, 0.15) is 32.6 Å². The van der Waals surface area contributed by atoms with Gasteiger partial charge >= 0.3 is 16.6 Å². The summed E-state index contributed by atoms with van der Waals surface area (Å²) in [7, 11) is -4.54. The molecule has 0 spiro atoms. The number of nitrogens with zero attached hydrogens (tertiary/aromatic N) is 5. The van der Waals surface area contributed by atoms with E-state index in [0.717, 1.165) is 17.7 Å². The molecule has 2 heterocycles. The first-order valence-electron chi connectivity index (χ1n) is 14.2. The predicted octanol–water partition coefficient (Wildman–Crippen LogP) is 4.02. The Hall–Kier alpha value is -4.75. The van der Waals surface area contributed by atoms with E-state index in [1.165, 1.54) is 12.3 Å². The lowest BCUT2D eigenvalue weighted by Crippen LogP contribution is -2.19. The van der Waals surface area contributed by atoms with Crippen molar-refractivity contribution in [3.8, 4) is 11.3 Å². The number of nitrogens with one attached hydrogen (secondary N) is 1. The van der Waals surface area contributed by atoms with Crippen LogP contribution in [0.3, 0.4) is 0 Å². The highest BCUT2D eigenvalue weighted by Crippen LogP contribution is 2.34. The van der Waals surface area contributed by atoms with Crippen LogP contribution in [0.25, 0.3) is 17.0 Å². The molecule has 4 N–H and O–H groups in total. The Balaban J connectivity index is 1.38. The van der Waals surface area contributed by atoms with Crippen LogP contribution in [0.4, 0.5) is 18.9 Å². The minimum absolute atomic E-state index is 0.0638. The number of imidazole rings is 1. The lowest BCUT2D eigenvalue weighted by atomic mass is 10.0. The van der Waals surface area contributed by atoms with E-state index in [9.17, 15) is 26.4 Å². The van der Waals surface area contributed by atoms with Crippen molar-refractivity contribution < 1.29 is 44.6 Å². The molecule has 18 heteroatoms. The molecule has 0 unspecified atom stereocenters. The van der Waals surface area contributed by atoms with Crippen molar-refractivity contribution in [3.05, 3.63) is 82.8 Å². The number of hydrogen-bond acceptors (Lipinski definition) is 11. The third-order valence-corrected chi connectivity index (χ3v) is 7.08. The zero-order chi connectivity index (χ0) is 34.9. The van der Waals surface area contributed by atoms with Gasteiger partial charge in [0, 0.05) is 36.1 Å². The fourth-order valence-electron chi connectivity index (χ4n) is 4.31. The number of benzene rings is 2. The van der Waals surface area contributed by atoms with E-state index in [4.69, 9.17) is 19.9 Å². The molecule has 0 aliphatic carbocycles. The number of carbonyl (C=O) groups is 1. The predicted molar refractivity (Wildman–Crippen MR) is 170 cm³/mol. The van der Waals surface area contributed by atoms with E-state index in [2.05, 4.69) is 29.6 Å². The summed E-state index contributed by atoms with van der Waals surface area (Å²) in [5.41, 5.74) is 1.82. The highest BCUT2D eigenvalue weighted by molar-refractivity contribution is 7.80. The topological polar surface area (TPSA) is 192 Å². The number of carbonyl (C=O) groups excluding carboxylic acids is 1. The molecule has 14 nitrogen and oxygen atoms in total. The molecular weight excluding hydrogens is 659 g/mol. The number of aliphatic imine (C=N–C) groups is 1. The molecule has 4 rings (SSSR count). The number of rotatable bonds is 15. The number of amides is 1. The number of aromatic nitrogens is 3. The lowest BCUT2D eigenvalue weighted by Gasteiger charge is -2.15. The van der Waals surface area contributed by atoms with Gasteiger partial charge in [0.1, 0.15) is 5.71 Å². The fourth-order valence-corrected chi connectivity index (χ4v) is 4.59. The zero-order valence-electron chi connectivity index (χ0n) is 25.8. The summed E-state index contributed by atoms with van der Waals surface area (Å²) in [5.74, 6) is 4.88. The van der Waals surface area contributed by atoms with Crippen molar-refractivity contribution in [2.24, 2.45) is 15.9 Å². The van der Waals surface area contributed by atoms with E-state index >= 15 is 0 Å². The summed E-state index contributed by atoms with van der Waals surface area (Å²) >= 11 is 0. The first-order chi connectivity index (χ1) is 22.7. The summed E-state index contributed by atoms with van der Waals surface area (Å²) in [6.45, 7) is 3.00. The number of nitrogens with two attached hydrogens (primary N) is 1. The highest BCUT2D eigenvalue weighted by atomic mass is 32.3. The molecule has 0 saturated heterocycles. The van der Waals surface area contributed by atoms with Crippen LogP contribution in [-0.2, 0) is 36.8 Å². The Bertz CT molecular complexity index is 1930. The minimum atomic E-state index is -4.83. The van der Waals surface area contributed by atoms with Crippen molar-refractivity contribution >= 4 is 39.7 Å². The van der Waals surface area contributed by atoms with Gasteiger partial charge in [0.2, 0.25) is 5.78 Å². The maximum atomic E-state index is 14.1. The highest BCUT2D eigenvalue weighted by Gasteiger charge is 2.35. The average Bonchev–Trinajstić information content (AvgIpc) is 3.44. The van der Waals surface area contributed by atoms with Crippen molar-refractivity contribution in [2.75, 3.05) is 38.4 Å². The molecule has 48 heavy (non-hydrogen) atoms. The summed E-state index contributed by atoms with van der Waals surface area (Å²) in [6.07, 6.45) is 1.74. The van der Waals surface area contributed by atoms with Gasteiger partial charge in [0.25, 0.3) is 5.91 Å². The number of anilines is 1. The number of ether oxygens (including phenoxy) is 2. The Morgan fingerprint density at radius 2 is 1.83 bits per heavy atom. The average molecular weight is 692 g/mol. The van der Waals surface area contributed by atoms with Crippen LogP contribution < -0.4 is 11.2 Å². The van der Waals surface area contributed by atoms with Crippen LogP contribution in [0.15, 0.2) is 65.1 Å². The van der Waals surface area contributed by atoms with Crippen molar-refractivity contribution in [3.63, 3.8) is 0 Å². The Labute approximate surface area is 273 Å². The van der Waals surface area contributed by atoms with Gasteiger partial charge in [-0.25, -0.2) is 14.2 Å². The molecular formula is C30H32F3N7O7S. The van der Waals surface area contributed by atoms with Gasteiger partial charge in [-0.3, -0.25) is 18.7 Å². The van der Waals surface area contributed by atoms with Gasteiger partial charge in [-0.05, 0) is 48.7 Å². The molecule has 0 aliphatic heterocycles. The molecule has 256 valence electrons. The summed E-state index contributed by atoms with van der Waals surface area (Å²) in [6, 6.07) is 8.52. The molecule has 2 aromatic heterocycles. The Kier molecular flexibility index (Phi) is 12.0. The Morgan fingerprint density at radius 1 is 1.08 bits per heavy atom. The third-order valence-electron chi connectivity index (χ3n) is 6.62. The summed E-state index contributed by atoms with van der Waals surface area (Å²) < 4.78 is 87.9. The standard InChI is InChI=1S/C30H32F3N7O7S/c1-19-13-36-29-38-27(17-40(29)16-19)22-5-3-20(2)26(12-22)37-28(41)24-6-4-21(11-25(24)30(31,32)33)14-35-15-23(39-34)18-46-8-7-45-9-10-47-48(42,43)44/h3-6,11-13,15-17H,7-10,14,18,34H2,1-2H3,(H,37,41)(H,42,43,44). The minimum Gasteiger partial charge on any atom is -0.377 e. The third kappa shape index (κ3) is 10.4. The van der Waals surface area contributed by atoms with Crippen LogP contribution in [0.5, 0.6) is 0 Å². The molecule has 4 aromatic rings. The fraction of sp³-hybridized carbons (Fsp3) is 0.300. The van der Waals surface area contributed by atoms with E-state index in [1.54, 1.807) is 41.9 Å². The SMILES string of the molecule is Cc1cnc2nc(-c3ccc(C)c(NC(=O)c4ccc(CN=CC(COCCOCCOS(=O)(=O)O)=NN)cc4C(F)(F)F)c3)cn2c1. The number of aryl methyl sites for hydroxylation is 2. The smallest absolute Gasteiger partial charge is 0.377 e. The quantitative estimate of drug-likeness (QED) is 0.0539. The van der Waals surface area contributed by atoms with Gasteiger partial charge in [0.15, 0.2) is 0 Å². The molecule has 0 aliphatic rings. The van der Waals surface area contributed by atoms with Crippen molar-refractivity contribution in [2.45, 2.75) is 26.6 Å². The maximum Gasteiger partial charge on any atom is 0.417 e. The second-order valence-electron chi connectivity index (χ2n) is 10.3. The molecule has 0 fully saturated rings. The number of hydrazone groups is 1. The van der Waals surface area contributed by atoms with Crippen LogP contribution in [-0.4, -0.2) is 78.2 Å². The molecule has 1 amide bonds. The molecule has 0 saturated carbocycles. The van der Waals surface area contributed by atoms with Gasteiger partial charge in [0.05, 0.1) is 56.4 Å². The van der Waals surface area contributed by atoms with E-state index < -0.39 is 33.6 Å². The number of alkyl halides is 3. The van der Waals surface area contributed by atoms with Crippen molar-refractivity contribution in [1.29, 1.82) is 0 Å². The second-order valence-corrected chi connectivity index (χ2v) is 11.4. The summed E-state index contributed by atoms with van der Waals surface area (Å²) in [5, 5.41) is 6.13. The number of fused-ring (bicyclic) bond motifs is 1. The Morgan fingerprint density at radius 3 is 2.56 bits per heavy atom. The number of halogens is 3. The van der Waals surface area contributed by atoms with Gasteiger partial charge in [-0.15, -0.1) is 0 Å². The molecule has 0 bridgehead atoms. The maximum absolute atomic E-state index is 14.1. The zero-order valence-corrected chi connectivity index (χ0v) is 26.6. The largest absolute Gasteiger partial charge is 0.417 e. The van der Waals surface area contributed by atoms with Gasteiger partial charge in [-0.1, -0.05) is 18.2 Å². The molecule has 0 atom stereocenters. The van der Waals surface area contributed by atoms with Crippen LogP contribution >= 0.6 is 0 Å². The normalized spacial score (nSPS) is 12.7. The van der Waals surface area contributed by atoms with Gasteiger partial charge < -0.3 is 20.6 Å². The first-order valence-corrected chi connectivity index (χ1v) is 15.6. The van der Waals surface area contributed by atoms with Crippen LogP contribution in [0, 0.1) is 13.8 Å². The van der Waals surface area contributed by atoms with Crippen LogP contribution in [0.2, 0.25) is 0 Å². The van der Waals surface area contributed by atoms with E-state index in [1.807, 2.05) is 13.1 Å². The molecule has 0 radical (unpaired) electrons. The first kappa shape index (κ1) is 36.1. The van der Waals surface area contributed by atoms with E-state index in [-0.39, 0.29) is 50.9 Å². The molecule has 2 aromatic carbocycles. The summed E-state index contributed by atoms with van der Waals surface area (Å²) in [4.78, 5) is 26.0. The lowest BCUT2D eigenvalue weighted by molar-refractivity contribution is -0.137. The van der Waals surface area contributed by atoms with E-state index in [0.29, 0.717) is 28.3 Å². The number of hydrogen-bond donors (Lipinski definition) is 3. The second kappa shape index (κ2) is 15.9. The monoisotopic (exact) mass is 691 g/mol.